The van der Waals surface area contributed by atoms with Gasteiger partial charge in [-0.2, -0.15) is 0 Å². The van der Waals surface area contributed by atoms with Gasteiger partial charge in [0.15, 0.2) is 11.0 Å². The third-order valence-electron chi connectivity index (χ3n) is 5.00. The third kappa shape index (κ3) is 4.24. The maximum Gasteiger partial charge on any atom is 0.260 e. The van der Waals surface area contributed by atoms with Gasteiger partial charge >= 0.3 is 0 Å². The predicted octanol–water partition coefficient (Wildman–Crippen LogP) is 3.84. The molecule has 0 aliphatic carbocycles. The van der Waals surface area contributed by atoms with Crippen molar-refractivity contribution in [3.63, 3.8) is 0 Å². The van der Waals surface area contributed by atoms with E-state index < -0.39 is 5.25 Å². The van der Waals surface area contributed by atoms with Crippen molar-refractivity contribution in [2.75, 3.05) is 6.54 Å². The summed E-state index contributed by atoms with van der Waals surface area (Å²) < 4.78 is 1.86. The third-order valence-corrected chi connectivity index (χ3v) is 6.54. The lowest BCUT2D eigenvalue weighted by molar-refractivity contribution is -0.127. The fraction of sp³-hybridized carbons (Fsp3) is 0.286. The second-order valence-electron chi connectivity index (χ2n) is 7.01. The van der Waals surface area contributed by atoms with Gasteiger partial charge in [-0.1, -0.05) is 29.8 Å². The van der Waals surface area contributed by atoms with Gasteiger partial charge in [-0.25, -0.2) is 0 Å². The van der Waals surface area contributed by atoms with Crippen molar-refractivity contribution in [2.24, 2.45) is 7.05 Å². The quantitative estimate of drug-likeness (QED) is 0.572. The Bertz CT molecular complexity index is 1060. The maximum atomic E-state index is 13.2. The standard InChI is InChI=1S/C21H20ClN5O2S/c1-26-18(14-9-11-23-12-10-14)24-25-21(26)30-17-4-2-3-13-27(20(17)29)19(28)15-5-7-16(22)8-6-15/h5-12,17H,2-4,13H2,1H3/t17-/m0/s1. The molecule has 30 heavy (non-hydrogen) atoms. The van der Waals surface area contributed by atoms with Crippen molar-refractivity contribution < 1.29 is 9.59 Å². The van der Waals surface area contributed by atoms with E-state index in [0.717, 1.165) is 18.4 Å². The molecule has 154 valence electrons. The molecule has 2 amide bonds. The maximum absolute atomic E-state index is 13.2. The molecule has 0 N–H and O–H groups in total. The normalized spacial score (nSPS) is 17.1. The van der Waals surface area contributed by atoms with E-state index in [-0.39, 0.29) is 11.8 Å². The summed E-state index contributed by atoms with van der Waals surface area (Å²) in [6, 6.07) is 10.3. The van der Waals surface area contributed by atoms with E-state index >= 15 is 0 Å². The van der Waals surface area contributed by atoms with E-state index in [1.165, 1.54) is 16.7 Å². The number of imide groups is 1. The van der Waals surface area contributed by atoms with Crippen molar-refractivity contribution in [2.45, 2.75) is 29.7 Å². The van der Waals surface area contributed by atoms with E-state index in [4.69, 9.17) is 11.6 Å². The molecule has 3 heterocycles. The Morgan fingerprint density at radius 3 is 2.57 bits per heavy atom. The van der Waals surface area contributed by atoms with Gasteiger partial charge in [0.1, 0.15) is 0 Å². The number of pyridine rings is 1. The number of likely N-dealkylation sites (tertiary alicyclic amines) is 1. The summed E-state index contributed by atoms with van der Waals surface area (Å²) in [6.07, 6.45) is 5.73. The van der Waals surface area contributed by atoms with Crippen LogP contribution in [0.25, 0.3) is 11.4 Å². The molecule has 9 heteroatoms. The van der Waals surface area contributed by atoms with Crippen LogP contribution < -0.4 is 0 Å². The average Bonchev–Trinajstić information content (AvgIpc) is 3.02. The van der Waals surface area contributed by atoms with Crippen molar-refractivity contribution in [3.8, 4) is 11.4 Å². The van der Waals surface area contributed by atoms with Crippen molar-refractivity contribution in [3.05, 3.63) is 59.4 Å². The highest BCUT2D eigenvalue weighted by Gasteiger charge is 2.33. The number of hydrogen-bond acceptors (Lipinski definition) is 6. The number of carbonyl (C=O) groups is 2. The second-order valence-corrected chi connectivity index (χ2v) is 8.61. The van der Waals surface area contributed by atoms with Crippen LogP contribution in [0.1, 0.15) is 29.6 Å². The molecule has 1 saturated heterocycles. The number of carbonyl (C=O) groups excluding carboxylic acids is 2. The predicted molar refractivity (Wildman–Crippen MR) is 115 cm³/mol. The van der Waals surface area contributed by atoms with E-state index in [2.05, 4.69) is 15.2 Å². The molecule has 1 aliphatic rings. The highest BCUT2D eigenvalue weighted by molar-refractivity contribution is 8.00. The van der Waals surface area contributed by atoms with Crippen LogP contribution in [-0.4, -0.2) is 48.3 Å². The first-order valence-electron chi connectivity index (χ1n) is 9.62. The first kappa shape index (κ1) is 20.6. The Kier molecular flexibility index (Phi) is 6.15. The number of rotatable bonds is 4. The van der Waals surface area contributed by atoms with E-state index in [0.29, 0.717) is 34.5 Å². The topological polar surface area (TPSA) is 81.0 Å². The number of halogens is 1. The summed E-state index contributed by atoms with van der Waals surface area (Å²) in [6.45, 7) is 0.415. The van der Waals surface area contributed by atoms with Gasteiger partial charge in [0.05, 0.1) is 5.25 Å². The number of thioether (sulfide) groups is 1. The largest absolute Gasteiger partial charge is 0.305 e. The molecule has 2 aromatic heterocycles. The van der Waals surface area contributed by atoms with Crippen LogP contribution in [0.2, 0.25) is 5.02 Å². The van der Waals surface area contributed by atoms with E-state index in [9.17, 15) is 9.59 Å². The van der Waals surface area contributed by atoms with Crippen LogP contribution in [0.5, 0.6) is 0 Å². The van der Waals surface area contributed by atoms with Crippen molar-refractivity contribution >= 4 is 35.2 Å². The van der Waals surface area contributed by atoms with Crippen LogP contribution in [0.3, 0.4) is 0 Å². The minimum atomic E-state index is -0.392. The van der Waals surface area contributed by atoms with Gasteiger partial charge in [-0.05, 0) is 49.2 Å². The molecule has 0 radical (unpaired) electrons. The van der Waals surface area contributed by atoms with Crippen molar-refractivity contribution in [1.82, 2.24) is 24.6 Å². The lowest BCUT2D eigenvalue weighted by Crippen LogP contribution is -2.41. The van der Waals surface area contributed by atoms with Crippen LogP contribution in [-0.2, 0) is 11.8 Å². The molecule has 1 atom stereocenters. The fourth-order valence-corrected chi connectivity index (χ4v) is 4.59. The highest BCUT2D eigenvalue weighted by atomic mass is 35.5. The molecule has 1 aromatic carbocycles. The summed E-state index contributed by atoms with van der Waals surface area (Å²) in [5.41, 5.74) is 1.36. The zero-order chi connectivity index (χ0) is 21.1. The minimum Gasteiger partial charge on any atom is -0.305 e. The molecular weight excluding hydrogens is 422 g/mol. The minimum absolute atomic E-state index is 0.189. The number of amides is 2. The number of benzene rings is 1. The van der Waals surface area contributed by atoms with Gasteiger partial charge < -0.3 is 4.57 Å². The fourth-order valence-electron chi connectivity index (χ4n) is 3.36. The first-order valence-corrected chi connectivity index (χ1v) is 10.9. The molecular formula is C21H20ClN5O2S. The van der Waals surface area contributed by atoms with E-state index in [1.54, 1.807) is 36.7 Å². The first-order chi connectivity index (χ1) is 14.5. The van der Waals surface area contributed by atoms with Gasteiger partial charge in [0.2, 0.25) is 5.91 Å². The summed E-state index contributed by atoms with van der Waals surface area (Å²) in [5.74, 6) is 0.223. The summed E-state index contributed by atoms with van der Waals surface area (Å²) >= 11 is 7.27. The smallest absolute Gasteiger partial charge is 0.260 e. The Hall–Kier alpha value is -2.71. The molecule has 4 rings (SSSR count). The number of nitrogens with zero attached hydrogens (tertiary/aromatic N) is 5. The average molecular weight is 442 g/mol. The van der Waals surface area contributed by atoms with Crippen LogP contribution >= 0.6 is 23.4 Å². The van der Waals surface area contributed by atoms with Crippen LogP contribution in [0, 0.1) is 0 Å². The highest BCUT2D eigenvalue weighted by Crippen LogP contribution is 2.31. The SMILES string of the molecule is Cn1c(S[C@H]2CCCCN(C(=O)c3ccc(Cl)cc3)C2=O)nnc1-c1ccncc1. The monoisotopic (exact) mass is 441 g/mol. The van der Waals surface area contributed by atoms with Gasteiger partial charge in [-0.3, -0.25) is 19.5 Å². The molecule has 0 spiro atoms. The Balaban J connectivity index is 1.54. The summed E-state index contributed by atoms with van der Waals surface area (Å²) in [4.78, 5) is 31.5. The summed E-state index contributed by atoms with van der Waals surface area (Å²) in [5, 5.41) is 9.34. The molecule has 0 saturated carbocycles. The second kappa shape index (κ2) is 8.97. The molecule has 0 unspecified atom stereocenters. The van der Waals surface area contributed by atoms with Crippen LogP contribution in [0.15, 0.2) is 53.9 Å². The molecule has 1 fully saturated rings. The Morgan fingerprint density at radius 1 is 1.10 bits per heavy atom. The number of hydrogen-bond donors (Lipinski definition) is 0. The number of aromatic nitrogens is 4. The molecule has 3 aromatic rings. The molecule has 7 nitrogen and oxygen atoms in total. The molecule has 1 aliphatic heterocycles. The Morgan fingerprint density at radius 2 is 1.83 bits per heavy atom. The van der Waals surface area contributed by atoms with Gasteiger partial charge in [0.25, 0.3) is 5.91 Å². The lowest BCUT2D eigenvalue weighted by atomic mass is 10.2. The zero-order valence-corrected chi connectivity index (χ0v) is 17.9. The van der Waals surface area contributed by atoms with E-state index in [1.807, 2.05) is 23.7 Å². The van der Waals surface area contributed by atoms with Crippen LogP contribution in [0.4, 0.5) is 0 Å². The van der Waals surface area contributed by atoms with Gasteiger partial charge in [0, 0.05) is 42.1 Å². The Labute approximate surface area is 183 Å². The molecule has 0 bridgehead atoms. The summed E-state index contributed by atoms with van der Waals surface area (Å²) in [7, 11) is 1.87. The van der Waals surface area contributed by atoms with Gasteiger partial charge in [-0.15, -0.1) is 10.2 Å². The van der Waals surface area contributed by atoms with Crippen molar-refractivity contribution in [1.29, 1.82) is 0 Å². The lowest BCUT2D eigenvalue weighted by Gasteiger charge is -2.22. The zero-order valence-electron chi connectivity index (χ0n) is 16.4.